The van der Waals surface area contributed by atoms with Crippen LogP contribution in [0.5, 0.6) is 5.75 Å². The molecule has 1 heterocycles. The Morgan fingerprint density at radius 1 is 1.08 bits per heavy atom. The minimum atomic E-state index is -0.734. The van der Waals surface area contributed by atoms with Gasteiger partial charge in [-0.05, 0) is 29.3 Å². The van der Waals surface area contributed by atoms with Crippen molar-refractivity contribution in [3.8, 4) is 5.75 Å². The van der Waals surface area contributed by atoms with Crippen molar-refractivity contribution in [3.63, 3.8) is 0 Å². The highest BCUT2D eigenvalue weighted by molar-refractivity contribution is 6.30. The van der Waals surface area contributed by atoms with Crippen LogP contribution in [0, 0.1) is 0 Å². The first-order valence-corrected chi connectivity index (χ1v) is 9.03. The lowest BCUT2D eigenvalue weighted by molar-refractivity contribution is 0.456. The van der Waals surface area contributed by atoms with Gasteiger partial charge in [0.2, 0.25) is 5.28 Å². The molecule has 2 rings (SSSR count). The highest BCUT2D eigenvalue weighted by atomic mass is 35.5. The average Bonchev–Trinajstić information content (AvgIpc) is 2.59. The first kappa shape index (κ1) is 25.0. The fraction of sp³-hybridized carbons (Fsp3) is 0.412. The van der Waals surface area contributed by atoms with Gasteiger partial charge in [-0.1, -0.05) is 58.4 Å². The maximum Gasteiger partial charge on any atom is 0.316 e. The van der Waals surface area contributed by atoms with Crippen molar-refractivity contribution in [1.29, 1.82) is 0 Å². The zero-order valence-electron chi connectivity index (χ0n) is 14.7. The second kappa shape index (κ2) is 15.3. The molecule has 2 aromatic rings. The molecule has 24 heavy (non-hydrogen) atoms. The maximum absolute atomic E-state index is 11.0. The van der Waals surface area contributed by atoms with Crippen LogP contribution in [0.15, 0.2) is 35.3 Å². The number of halogens is 3. The fourth-order valence-corrected chi connectivity index (χ4v) is 1.67. The molecule has 0 unspecified atom stereocenters. The molecule has 1 aromatic heterocycles. The zero-order valence-corrected chi connectivity index (χ0v) is 17.0. The van der Waals surface area contributed by atoms with Crippen LogP contribution < -0.4 is 5.56 Å². The summed E-state index contributed by atoms with van der Waals surface area (Å²) in [4.78, 5) is 14.5. The molecule has 0 fully saturated rings. The van der Waals surface area contributed by atoms with Gasteiger partial charge >= 0.3 is 5.56 Å². The number of aromatic nitrogens is 2. The summed E-state index contributed by atoms with van der Waals surface area (Å²) >= 11 is 16.6. The summed E-state index contributed by atoms with van der Waals surface area (Å²) in [6.07, 6.45) is 1.26. The molecule has 1 aromatic carbocycles. The van der Waals surface area contributed by atoms with Crippen LogP contribution in [-0.2, 0) is 6.54 Å². The van der Waals surface area contributed by atoms with Crippen LogP contribution >= 0.6 is 34.8 Å². The van der Waals surface area contributed by atoms with E-state index in [2.05, 4.69) is 4.98 Å². The van der Waals surface area contributed by atoms with Crippen LogP contribution in [0.4, 0.5) is 0 Å². The normalized spacial score (nSPS) is 8.67. The smallest absolute Gasteiger partial charge is 0.316 e. The van der Waals surface area contributed by atoms with Crippen LogP contribution in [0.1, 0.15) is 40.2 Å². The number of benzene rings is 1. The third-order valence-corrected chi connectivity index (χ3v) is 2.75. The van der Waals surface area contributed by atoms with Gasteiger partial charge in [-0.15, -0.1) is 11.6 Å². The molecule has 1 N–H and O–H groups in total. The predicted molar refractivity (Wildman–Crippen MR) is 105 cm³/mol. The Hall–Kier alpha value is -1.23. The summed E-state index contributed by atoms with van der Waals surface area (Å²) in [5, 5.41) is 9.94. The molecule has 136 valence electrons. The van der Waals surface area contributed by atoms with Crippen molar-refractivity contribution in [2.45, 2.75) is 41.2 Å². The molecule has 0 bridgehead atoms. The molecule has 0 spiro atoms. The van der Waals surface area contributed by atoms with Crippen LogP contribution in [0.2, 0.25) is 10.3 Å². The Bertz CT molecular complexity index is 614. The molecular weight excluding hydrogens is 371 g/mol. The van der Waals surface area contributed by atoms with Gasteiger partial charge in [0.1, 0.15) is 0 Å². The molecular formula is C17H25Cl3N2O2. The summed E-state index contributed by atoms with van der Waals surface area (Å²) in [5.41, 5.74) is 0.198. The monoisotopic (exact) mass is 394 g/mol. The van der Waals surface area contributed by atoms with Crippen molar-refractivity contribution in [3.05, 3.63) is 56.7 Å². The molecule has 0 radical (unpaired) electrons. The second-order valence-corrected chi connectivity index (χ2v) is 5.03. The van der Waals surface area contributed by atoms with Crippen LogP contribution in [-0.4, -0.2) is 20.5 Å². The fourth-order valence-electron chi connectivity index (χ4n) is 1.36. The summed E-state index contributed by atoms with van der Waals surface area (Å²) < 4.78 is 1.47. The number of rotatable bonds is 2. The number of hydrogen-bond acceptors (Lipinski definition) is 3. The van der Waals surface area contributed by atoms with E-state index in [4.69, 9.17) is 34.8 Å². The molecule has 0 aliphatic rings. The summed E-state index contributed by atoms with van der Waals surface area (Å²) in [6, 6.07) is 7.16. The molecule has 0 saturated heterocycles. The van der Waals surface area contributed by atoms with E-state index in [9.17, 15) is 9.90 Å². The van der Waals surface area contributed by atoms with Crippen LogP contribution in [0.25, 0.3) is 0 Å². The SMILES string of the molecule is CC.CC.CCCl.O=c1nc(Cl)n(Cc2ccc(Cl)cc2)cc1O. The molecule has 0 atom stereocenters. The number of hydrogen-bond donors (Lipinski definition) is 1. The topological polar surface area (TPSA) is 55.1 Å². The predicted octanol–water partition coefficient (Wildman–Crippen LogP) is 5.60. The number of nitrogens with zero attached hydrogens (tertiary/aromatic N) is 2. The Morgan fingerprint density at radius 3 is 2.00 bits per heavy atom. The van der Waals surface area contributed by atoms with Crippen molar-refractivity contribution in [1.82, 2.24) is 9.55 Å². The largest absolute Gasteiger partial charge is 0.502 e. The lowest BCUT2D eigenvalue weighted by Crippen LogP contribution is -2.12. The minimum absolute atomic E-state index is 0.0303. The maximum atomic E-state index is 11.0. The Kier molecular flexibility index (Phi) is 16.0. The highest BCUT2D eigenvalue weighted by Crippen LogP contribution is 2.13. The molecule has 0 aliphatic heterocycles. The van der Waals surface area contributed by atoms with E-state index in [0.717, 1.165) is 11.4 Å². The van der Waals surface area contributed by atoms with E-state index in [-0.39, 0.29) is 5.28 Å². The van der Waals surface area contributed by atoms with Crippen LogP contribution in [0.3, 0.4) is 0 Å². The number of aromatic hydroxyl groups is 1. The first-order chi connectivity index (χ1) is 11.5. The van der Waals surface area contributed by atoms with Gasteiger partial charge in [-0.2, -0.15) is 4.98 Å². The summed E-state index contributed by atoms with van der Waals surface area (Å²) in [7, 11) is 0. The Balaban J connectivity index is 0. The van der Waals surface area contributed by atoms with Gasteiger partial charge in [-0.3, -0.25) is 4.79 Å². The lowest BCUT2D eigenvalue weighted by atomic mass is 10.2. The van der Waals surface area contributed by atoms with Crippen molar-refractivity contribution >= 4 is 34.8 Å². The van der Waals surface area contributed by atoms with Gasteiger partial charge < -0.3 is 9.67 Å². The Labute approximate surface area is 159 Å². The Morgan fingerprint density at radius 2 is 1.54 bits per heavy atom. The standard InChI is InChI=1S/C11H8Cl2N2O2.C2H5Cl.2C2H6/c12-8-3-1-7(2-4-8)5-15-6-9(16)10(17)14-11(15)13;1-2-3;2*1-2/h1-4,6,16H,5H2;2H2,1H3;2*1-2H3. The van der Waals surface area contributed by atoms with E-state index in [1.54, 1.807) is 12.1 Å². The van der Waals surface area contributed by atoms with Gasteiger partial charge in [0, 0.05) is 17.4 Å². The van der Waals surface area contributed by atoms with Gasteiger partial charge in [0.05, 0.1) is 6.20 Å². The minimum Gasteiger partial charge on any atom is -0.502 e. The van der Waals surface area contributed by atoms with Gasteiger partial charge in [0.25, 0.3) is 0 Å². The second-order valence-electron chi connectivity index (χ2n) is 3.72. The van der Waals surface area contributed by atoms with Gasteiger partial charge in [-0.25, -0.2) is 0 Å². The summed E-state index contributed by atoms with van der Waals surface area (Å²) in [5.74, 6) is 0.295. The molecule has 0 saturated carbocycles. The first-order valence-electron chi connectivity index (χ1n) is 7.74. The highest BCUT2D eigenvalue weighted by Gasteiger charge is 2.05. The van der Waals surface area contributed by atoms with E-state index in [1.165, 1.54) is 10.8 Å². The molecule has 0 aliphatic carbocycles. The van der Waals surface area contributed by atoms with Crippen molar-refractivity contribution in [2.75, 3.05) is 5.88 Å². The van der Waals surface area contributed by atoms with E-state index in [1.807, 2.05) is 46.8 Å². The quantitative estimate of drug-likeness (QED) is 0.531. The molecule has 0 amide bonds. The van der Waals surface area contributed by atoms with Crippen molar-refractivity contribution < 1.29 is 5.11 Å². The van der Waals surface area contributed by atoms with Crippen molar-refractivity contribution in [2.24, 2.45) is 0 Å². The third kappa shape index (κ3) is 9.81. The zero-order chi connectivity index (χ0) is 19.1. The van der Waals surface area contributed by atoms with E-state index < -0.39 is 11.3 Å². The van der Waals surface area contributed by atoms with E-state index in [0.29, 0.717) is 11.6 Å². The van der Waals surface area contributed by atoms with E-state index >= 15 is 0 Å². The third-order valence-electron chi connectivity index (χ3n) is 2.19. The van der Waals surface area contributed by atoms with Gasteiger partial charge in [0.15, 0.2) is 5.75 Å². The molecule has 7 heteroatoms. The molecule has 4 nitrogen and oxygen atoms in total. The number of alkyl halides is 1. The lowest BCUT2D eigenvalue weighted by Gasteiger charge is -2.08. The average molecular weight is 396 g/mol. The summed E-state index contributed by atoms with van der Waals surface area (Å²) in [6.45, 7) is 10.3.